The van der Waals surface area contributed by atoms with Crippen LogP contribution in [0.1, 0.15) is 30.4 Å². The van der Waals surface area contributed by atoms with Crippen LogP contribution in [0.3, 0.4) is 0 Å². The second-order valence-electron chi connectivity index (χ2n) is 6.88. The maximum absolute atomic E-state index is 13.7. The molecule has 1 aliphatic rings. The summed E-state index contributed by atoms with van der Waals surface area (Å²) in [5, 5.41) is 14.1. The number of fused-ring (bicyclic) bond motifs is 1. The predicted octanol–water partition coefficient (Wildman–Crippen LogP) is 4.08. The van der Waals surface area contributed by atoms with Crippen LogP contribution in [0.25, 0.3) is 0 Å². The van der Waals surface area contributed by atoms with Gasteiger partial charge < -0.3 is 15.7 Å². The Labute approximate surface area is 163 Å². The fourth-order valence-electron chi connectivity index (χ4n) is 3.43. The van der Waals surface area contributed by atoms with Gasteiger partial charge in [-0.15, -0.1) is 0 Å². The third-order valence-electron chi connectivity index (χ3n) is 4.83. The van der Waals surface area contributed by atoms with Crippen molar-refractivity contribution in [1.82, 2.24) is 4.90 Å². The van der Waals surface area contributed by atoms with Crippen LogP contribution >= 0.6 is 0 Å². The largest absolute Gasteiger partial charge is 0.481 e. The smallest absolute Gasteiger partial charge is 0.323 e. The molecule has 0 saturated heterocycles. The van der Waals surface area contributed by atoms with Gasteiger partial charge in [0.25, 0.3) is 0 Å². The van der Waals surface area contributed by atoms with E-state index in [2.05, 4.69) is 15.5 Å². The molecular formula is C21H24FN3O3. The first kappa shape index (κ1) is 19.8. The minimum Gasteiger partial charge on any atom is -0.481 e. The van der Waals surface area contributed by atoms with Crippen molar-refractivity contribution in [2.75, 3.05) is 23.7 Å². The Bertz CT molecular complexity index is 857. The Kier molecular flexibility index (Phi) is 6.60. The molecule has 3 rings (SSSR count). The highest BCUT2D eigenvalue weighted by molar-refractivity contribution is 6.00. The monoisotopic (exact) mass is 385 g/mol. The molecule has 28 heavy (non-hydrogen) atoms. The van der Waals surface area contributed by atoms with E-state index < -0.39 is 17.8 Å². The average Bonchev–Trinajstić information content (AvgIpc) is 2.67. The van der Waals surface area contributed by atoms with Crippen LogP contribution in [0.2, 0.25) is 0 Å². The van der Waals surface area contributed by atoms with Crippen LogP contribution in [0.15, 0.2) is 42.5 Å². The Morgan fingerprint density at radius 3 is 2.57 bits per heavy atom. The van der Waals surface area contributed by atoms with E-state index in [1.807, 2.05) is 18.2 Å². The van der Waals surface area contributed by atoms with E-state index in [4.69, 9.17) is 5.11 Å². The lowest BCUT2D eigenvalue weighted by Crippen LogP contribution is -2.32. The molecule has 0 aromatic heterocycles. The molecule has 0 bridgehead atoms. The summed E-state index contributed by atoms with van der Waals surface area (Å²) in [6.07, 6.45) is 2.53. The third-order valence-corrected chi connectivity index (χ3v) is 4.83. The van der Waals surface area contributed by atoms with Crippen LogP contribution < -0.4 is 10.6 Å². The highest BCUT2D eigenvalue weighted by atomic mass is 19.1. The first-order chi connectivity index (χ1) is 13.5. The lowest BCUT2D eigenvalue weighted by molar-refractivity contribution is -0.137. The molecule has 1 aliphatic heterocycles. The Balaban J connectivity index is 1.58. The summed E-state index contributed by atoms with van der Waals surface area (Å²) in [6.45, 7) is 2.48. The summed E-state index contributed by atoms with van der Waals surface area (Å²) >= 11 is 0. The minimum atomic E-state index is -0.756. The van der Waals surface area contributed by atoms with E-state index in [-0.39, 0.29) is 12.1 Å². The number of rotatable bonds is 7. The summed E-state index contributed by atoms with van der Waals surface area (Å²) in [7, 11) is 0. The zero-order chi connectivity index (χ0) is 19.9. The van der Waals surface area contributed by atoms with Gasteiger partial charge in [-0.1, -0.05) is 24.3 Å². The highest BCUT2D eigenvalue weighted by Crippen LogP contribution is 2.26. The molecule has 2 aromatic rings. The van der Waals surface area contributed by atoms with Crippen LogP contribution in [0, 0.1) is 5.82 Å². The number of amides is 2. The molecule has 0 unspecified atom stereocenters. The molecule has 0 saturated carbocycles. The summed E-state index contributed by atoms with van der Waals surface area (Å²) in [6, 6.07) is 11.3. The van der Waals surface area contributed by atoms with Gasteiger partial charge in [-0.3, -0.25) is 9.69 Å². The number of carbonyl (C=O) groups is 2. The summed E-state index contributed by atoms with van der Waals surface area (Å²) in [4.78, 5) is 25.2. The Morgan fingerprint density at radius 2 is 1.79 bits per heavy atom. The lowest BCUT2D eigenvalue weighted by Gasteiger charge is -2.30. The maximum atomic E-state index is 13.7. The van der Waals surface area contributed by atoms with Gasteiger partial charge in [0, 0.05) is 25.2 Å². The van der Waals surface area contributed by atoms with Gasteiger partial charge in [0.15, 0.2) is 0 Å². The number of nitrogens with zero attached hydrogens (tertiary/aromatic N) is 1. The molecule has 0 spiro atoms. The van der Waals surface area contributed by atoms with Crippen molar-refractivity contribution < 1.29 is 19.1 Å². The Morgan fingerprint density at radius 1 is 1.04 bits per heavy atom. The van der Waals surface area contributed by atoms with Gasteiger partial charge in [0.1, 0.15) is 5.82 Å². The molecule has 0 radical (unpaired) electrons. The van der Waals surface area contributed by atoms with Gasteiger partial charge in [-0.25, -0.2) is 9.18 Å². The molecular weight excluding hydrogens is 361 g/mol. The van der Waals surface area contributed by atoms with Gasteiger partial charge in [-0.05, 0) is 55.1 Å². The average molecular weight is 385 g/mol. The fraction of sp³-hybridized carbons (Fsp3) is 0.333. The molecule has 0 aliphatic carbocycles. The van der Waals surface area contributed by atoms with Gasteiger partial charge in [-0.2, -0.15) is 0 Å². The third kappa shape index (κ3) is 5.29. The predicted molar refractivity (Wildman–Crippen MR) is 106 cm³/mol. The number of para-hydroxylation sites is 1. The van der Waals surface area contributed by atoms with E-state index in [1.165, 1.54) is 12.1 Å². The summed E-state index contributed by atoms with van der Waals surface area (Å²) in [5.41, 5.74) is 3.11. The second-order valence-corrected chi connectivity index (χ2v) is 6.88. The van der Waals surface area contributed by atoms with E-state index in [0.29, 0.717) is 6.42 Å². The SMILES string of the molecule is O=C(O)CCCCN1CCc2c(cccc2NC(=O)Nc2ccccc2F)C1. The molecule has 1 heterocycles. The van der Waals surface area contributed by atoms with E-state index in [1.54, 1.807) is 12.1 Å². The van der Waals surface area contributed by atoms with Crippen LogP contribution in [0.5, 0.6) is 0 Å². The number of carboxylic acids is 1. The van der Waals surface area contributed by atoms with Crippen molar-refractivity contribution >= 4 is 23.4 Å². The molecule has 2 amide bonds. The number of nitrogens with one attached hydrogen (secondary N) is 2. The van der Waals surface area contributed by atoms with Gasteiger partial charge in [0.2, 0.25) is 0 Å². The molecule has 0 fully saturated rings. The molecule has 148 valence electrons. The number of hydrogen-bond donors (Lipinski definition) is 3. The molecule has 3 N–H and O–H groups in total. The zero-order valence-electron chi connectivity index (χ0n) is 15.6. The number of anilines is 2. The molecule has 2 aromatic carbocycles. The van der Waals surface area contributed by atoms with Crippen molar-refractivity contribution in [3.8, 4) is 0 Å². The fourth-order valence-corrected chi connectivity index (χ4v) is 3.43. The number of urea groups is 1. The van der Waals surface area contributed by atoms with Crippen molar-refractivity contribution in [1.29, 1.82) is 0 Å². The van der Waals surface area contributed by atoms with Crippen molar-refractivity contribution in [2.45, 2.75) is 32.2 Å². The van der Waals surface area contributed by atoms with Crippen molar-refractivity contribution in [2.24, 2.45) is 0 Å². The normalized spacial score (nSPS) is 13.6. The highest BCUT2D eigenvalue weighted by Gasteiger charge is 2.19. The van der Waals surface area contributed by atoms with Crippen LogP contribution in [-0.4, -0.2) is 35.1 Å². The topological polar surface area (TPSA) is 81.7 Å². The molecule has 6 nitrogen and oxygen atoms in total. The molecule has 7 heteroatoms. The number of benzene rings is 2. The summed E-state index contributed by atoms with van der Waals surface area (Å²) in [5.74, 6) is -1.24. The first-order valence-corrected chi connectivity index (χ1v) is 9.40. The zero-order valence-corrected chi connectivity index (χ0v) is 15.6. The number of carboxylic acid groups (broad SMARTS) is 1. The number of carbonyl (C=O) groups excluding carboxylic acids is 1. The van der Waals surface area contributed by atoms with Gasteiger partial charge in [0.05, 0.1) is 5.69 Å². The number of halogens is 1. The maximum Gasteiger partial charge on any atom is 0.323 e. The van der Waals surface area contributed by atoms with Gasteiger partial charge >= 0.3 is 12.0 Å². The van der Waals surface area contributed by atoms with E-state index in [9.17, 15) is 14.0 Å². The van der Waals surface area contributed by atoms with Crippen molar-refractivity contribution in [3.05, 3.63) is 59.4 Å². The van der Waals surface area contributed by atoms with Crippen LogP contribution in [-0.2, 0) is 17.8 Å². The quantitative estimate of drug-likeness (QED) is 0.627. The summed E-state index contributed by atoms with van der Waals surface area (Å²) < 4.78 is 13.7. The number of unbranched alkanes of at least 4 members (excludes halogenated alkanes) is 1. The molecule has 0 atom stereocenters. The standard InChI is InChI=1S/C21H24FN3O3/c22-17-7-1-2-8-19(17)24-21(28)23-18-9-5-6-15-14-25(13-11-16(15)18)12-4-3-10-20(26)27/h1-2,5-9H,3-4,10-14H2,(H,26,27)(H2,23,24,28). The second kappa shape index (κ2) is 9.32. The lowest BCUT2D eigenvalue weighted by atomic mass is 9.97. The number of aliphatic carboxylic acids is 1. The first-order valence-electron chi connectivity index (χ1n) is 9.40. The number of hydrogen-bond acceptors (Lipinski definition) is 3. The Hall–Kier alpha value is -2.93. The van der Waals surface area contributed by atoms with E-state index >= 15 is 0 Å². The van der Waals surface area contributed by atoms with Crippen molar-refractivity contribution in [3.63, 3.8) is 0 Å². The minimum absolute atomic E-state index is 0.136. The van der Waals surface area contributed by atoms with E-state index in [0.717, 1.165) is 49.3 Å². The van der Waals surface area contributed by atoms with Crippen LogP contribution in [0.4, 0.5) is 20.6 Å².